The first kappa shape index (κ1) is 15.9. The van der Waals surface area contributed by atoms with Gasteiger partial charge in [0.25, 0.3) is 0 Å². The van der Waals surface area contributed by atoms with Gasteiger partial charge in [0.05, 0.1) is 12.2 Å². The average molecular weight is 295 g/mol. The lowest BCUT2D eigenvalue weighted by molar-refractivity contribution is 0.185. The number of hydrogen-bond donors (Lipinski definition) is 1. The Bertz CT molecular complexity index is 425. The van der Waals surface area contributed by atoms with E-state index in [1.54, 1.807) is 0 Å². The lowest BCUT2D eigenvalue weighted by atomic mass is 9.99. The molecule has 1 aromatic rings. The highest BCUT2D eigenvalue weighted by Crippen LogP contribution is 2.30. The van der Waals surface area contributed by atoms with Crippen molar-refractivity contribution in [2.45, 2.75) is 65.5 Å². The van der Waals surface area contributed by atoms with Crippen LogP contribution >= 0.6 is 11.3 Å². The maximum atomic E-state index is 6.31. The second-order valence-corrected chi connectivity index (χ2v) is 7.90. The van der Waals surface area contributed by atoms with Crippen LogP contribution in [0.5, 0.6) is 0 Å². The molecule has 114 valence electrons. The molecule has 1 aromatic heterocycles. The third-order valence-corrected chi connectivity index (χ3v) is 5.47. The Morgan fingerprint density at radius 2 is 2.00 bits per heavy atom. The molecule has 20 heavy (non-hydrogen) atoms. The number of thiazole rings is 1. The van der Waals surface area contributed by atoms with Crippen LogP contribution in [-0.4, -0.2) is 23.0 Å². The zero-order valence-electron chi connectivity index (χ0n) is 13.4. The van der Waals surface area contributed by atoms with Gasteiger partial charge in [0.2, 0.25) is 0 Å². The Morgan fingerprint density at radius 1 is 1.35 bits per heavy atom. The van der Waals surface area contributed by atoms with Crippen molar-refractivity contribution < 1.29 is 0 Å². The van der Waals surface area contributed by atoms with E-state index in [-0.39, 0.29) is 5.54 Å². The summed E-state index contributed by atoms with van der Waals surface area (Å²) in [5.74, 6) is 0.886. The molecule has 1 saturated heterocycles. The second kappa shape index (κ2) is 6.54. The third-order valence-electron chi connectivity index (χ3n) is 4.05. The van der Waals surface area contributed by atoms with Crippen molar-refractivity contribution >= 4 is 11.3 Å². The summed E-state index contributed by atoms with van der Waals surface area (Å²) < 4.78 is 0. The van der Waals surface area contributed by atoms with Crippen LogP contribution in [0.25, 0.3) is 0 Å². The van der Waals surface area contributed by atoms with Crippen LogP contribution in [0.4, 0.5) is 0 Å². The van der Waals surface area contributed by atoms with Gasteiger partial charge in [-0.1, -0.05) is 20.3 Å². The Morgan fingerprint density at radius 3 is 2.55 bits per heavy atom. The van der Waals surface area contributed by atoms with E-state index in [9.17, 15) is 0 Å². The molecule has 0 aromatic carbocycles. The van der Waals surface area contributed by atoms with E-state index in [0.29, 0.717) is 0 Å². The highest BCUT2D eigenvalue weighted by Gasteiger charge is 2.24. The summed E-state index contributed by atoms with van der Waals surface area (Å²) in [5, 5.41) is 1.25. The molecule has 0 radical (unpaired) electrons. The van der Waals surface area contributed by atoms with Crippen molar-refractivity contribution in [1.29, 1.82) is 0 Å². The van der Waals surface area contributed by atoms with Gasteiger partial charge in [-0.3, -0.25) is 4.90 Å². The molecule has 0 amide bonds. The van der Waals surface area contributed by atoms with Gasteiger partial charge in [-0.2, -0.15) is 0 Å². The number of nitrogens with two attached hydrogens (primary N) is 1. The average Bonchev–Trinajstić information content (AvgIpc) is 2.75. The maximum absolute atomic E-state index is 6.31. The standard InChI is InChI=1S/C16H29N3S/c1-5-6-13-15(16(3,4)17)20-14(18-13)11-19-9-7-12(2)8-10-19/h12H,5-11,17H2,1-4H3. The SMILES string of the molecule is CCCc1nc(CN2CCC(C)CC2)sc1C(C)(C)N. The van der Waals surface area contributed by atoms with Crippen LogP contribution in [0.15, 0.2) is 0 Å². The van der Waals surface area contributed by atoms with Gasteiger partial charge < -0.3 is 5.73 Å². The molecule has 0 bridgehead atoms. The zero-order valence-corrected chi connectivity index (χ0v) is 14.2. The maximum Gasteiger partial charge on any atom is 0.107 e. The summed E-state index contributed by atoms with van der Waals surface area (Å²) in [6, 6.07) is 0. The summed E-state index contributed by atoms with van der Waals surface area (Å²) >= 11 is 1.82. The number of likely N-dealkylation sites (tertiary alicyclic amines) is 1. The molecule has 4 heteroatoms. The van der Waals surface area contributed by atoms with E-state index in [2.05, 4.69) is 32.6 Å². The quantitative estimate of drug-likeness (QED) is 0.903. The van der Waals surface area contributed by atoms with E-state index in [1.165, 1.54) is 41.5 Å². The molecule has 0 saturated carbocycles. The van der Waals surface area contributed by atoms with Crippen molar-refractivity contribution in [1.82, 2.24) is 9.88 Å². The van der Waals surface area contributed by atoms with Crippen molar-refractivity contribution in [3.63, 3.8) is 0 Å². The number of nitrogens with zero attached hydrogens (tertiary/aromatic N) is 2. The molecule has 2 rings (SSSR count). The monoisotopic (exact) mass is 295 g/mol. The number of hydrogen-bond acceptors (Lipinski definition) is 4. The number of aromatic nitrogens is 1. The molecule has 0 spiro atoms. The van der Waals surface area contributed by atoms with Gasteiger partial charge in [-0.25, -0.2) is 4.98 Å². The smallest absolute Gasteiger partial charge is 0.107 e. The summed E-state index contributed by atoms with van der Waals surface area (Å²) in [7, 11) is 0. The van der Waals surface area contributed by atoms with Crippen LogP contribution in [-0.2, 0) is 18.5 Å². The van der Waals surface area contributed by atoms with Gasteiger partial charge in [0.15, 0.2) is 0 Å². The molecular formula is C16H29N3S. The van der Waals surface area contributed by atoms with E-state index in [0.717, 1.165) is 25.3 Å². The van der Waals surface area contributed by atoms with Crippen molar-refractivity contribution in [2.75, 3.05) is 13.1 Å². The topological polar surface area (TPSA) is 42.2 Å². The lowest BCUT2D eigenvalue weighted by Gasteiger charge is -2.29. The van der Waals surface area contributed by atoms with E-state index < -0.39 is 0 Å². The summed E-state index contributed by atoms with van der Waals surface area (Å²) in [6.45, 7) is 12.2. The molecule has 3 nitrogen and oxygen atoms in total. The first-order valence-electron chi connectivity index (χ1n) is 7.90. The molecule has 0 aliphatic carbocycles. The van der Waals surface area contributed by atoms with Crippen LogP contribution in [0, 0.1) is 5.92 Å². The van der Waals surface area contributed by atoms with Gasteiger partial charge in [0.1, 0.15) is 5.01 Å². The lowest BCUT2D eigenvalue weighted by Crippen LogP contribution is -2.32. The highest BCUT2D eigenvalue weighted by atomic mass is 32.1. The molecule has 1 aliphatic heterocycles. The molecule has 1 aliphatic rings. The fourth-order valence-corrected chi connectivity index (χ4v) is 3.96. The van der Waals surface area contributed by atoms with Gasteiger partial charge >= 0.3 is 0 Å². The molecule has 1 fully saturated rings. The minimum absolute atomic E-state index is 0.267. The first-order valence-corrected chi connectivity index (χ1v) is 8.72. The fourth-order valence-electron chi connectivity index (χ4n) is 2.79. The van der Waals surface area contributed by atoms with Crippen LogP contribution in [0.1, 0.15) is 62.5 Å². The van der Waals surface area contributed by atoms with Crippen molar-refractivity contribution in [3.05, 3.63) is 15.6 Å². The van der Waals surface area contributed by atoms with Gasteiger partial charge in [0, 0.05) is 10.4 Å². The minimum atomic E-state index is -0.267. The molecule has 0 unspecified atom stereocenters. The van der Waals surface area contributed by atoms with Crippen LogP contribution in [0.2, 0.25) is 0 Å². The minimum Gasteiger partial charge on any atom is -0.321 e. The number of rotatable bonds is 5. The first-order chi connectivity index (χ1) is 9.40. The Hall–Kier alpha value is -0.450. The summed E-state index contributed by atoms with van der Waals surface area (Å²) in [4.78, 5) is 8.70. The second-order valence-electron chi connectivity index (χ2n) is 6.81. The van der Waals surface area contributed by atoms with E-state index >= 15 is 0 Å². The zero-order chi connectivity index (χ0) is 14.8. The molecule has 2 heterocycles. The predicted molar refractivity (Wildman–Crippen MR) is 87.0 cm³/mol. The van der Waals surface area contributed by atoms with Crippen LogP contribution < -0.4 is 5.73 Å². The Labute approximate surface area is 127 Å². The normalized spacial score (nSPS) is 18.6. The van der Waals surface area contributed by atoms with Gasteiger partial charge in [-0.15, -0.1) is 11.3 Å². The van der Waals surface area contributed by atoms with E-state index in [1.807, 2.05) is 11.3 Å². The Balaban J connectivity index is 2.08. The third kappa shape index (κ3) is 4.03. The molecule has 0 atom stereocenters. The Kier molecular flexibility index (Phi) is 5.21. The number of aryl methyl sites for hydroxylation is 1. The summed E-state index contributed by atoms with van der Waals surface area (Å²) in [5.41, 5.74) is 7.27. The van der Waals surface area contributed by atoms with Crippen molar-refractivity contribution in [2.24, 2.45) is 11.7 Å². The molecule has 2 N–H and O–H groups in total. The summed E-state index contributed by atoms with van der Waals surface area (Å²) in [6.07, 6.45) is 4.82. The van der Waals surface area contributed by atoms with Crippen molar-refractivity contribution in [3.8, 4) is 0 Å². The predicted octanol–water partition coefficient (Wildman–Crippen LogP) is 3.52. The van der Waals surface area contributed by atoms with Gasteiger partial charge in [-0.05, 0) is 52.1 Å². The fraction of sp³-hybridized carbons (Fsp3) is 0.812. The molecular weight excluding hydrogens is 266 g/mol. The van der Waals surface area contributed by atoms with E-state index in [4.69, 9.17) is 10.7 Å². The van der Waals surface area contributed by atoms with Crippen LogP contribution in [0.3, 0.4) is 0 Å². The largest absolute Gasteiger partial charge is 0.321 e. The highest BCUT2D eigenvalue weighted by molar-refractivity contribution is 7.11. The number of piperidine rings is 1.